The van der Waals surface area contributed by atoms with Gasteiger partial charge >= 0.3 is 0 Å². The summed E-state index contributed by atoms with van der Waals surface area (Å²) in [5, 5.41) is 3.28. The van der Waals surface area contributed by atoms with E-state index < -0.39 is 0 Å². The van der Waals surface area contributed by atoms with Crippen LogP contribution in [0.25, 0.3) is 0 Å². The molecule has 1 N–H and O–H groups in total. The summed E-state index contributed by atoms with van der Waals surface area (Å²) in [7, 11) is 3.36. The lowest BCUT2D eigenvalue weighted by Gasteiger charge is -2.49. The maximum Gasteiger partial charge on any atom is 0.251 e. The van der Waals surface area contributed by atoms with Crippen molar-refractivity contribution in [2.75, 3.05) is 14.2 Å². The molecule has 154 valence electrons. The molecule has 2 aliphatic heterocycles. The zero-order valence-corrected chi connectivity index (χ0v) is 17.3. The van der Waals surface area contributed by atoms with Crippen LogP contribution in [-0.2, 0) is 6.54 Å². The van der Waals surface area contributed by atoms with E-state index in [2.05, 4.69) is 22.3 Å². The minimum atomic E-state index is -0.00912. The molecule has 2 heterocycles. The van der Waals surface area contributed by atoms with Gasteiger partial charge in [-0.2, -0.15) is 0 Å². The van der Waals surface area contributed by atoms with Gasteiger partial charge in [0, 0.05) is 35.8 Å². The Bertz CT molecular complexity index is 840. The van der Waals surface area contributed by atoms with Gasteiger partial charge in [0.25, 0.3) is 5.91 Å². The molecule has 1 amide bonds. The smallest absolute Gasteiger partial charge is 0.251 e. The Morgan fingerprint density at radius 1 is 1.03 bits per heavy atom. The van der Waals surface area contributed by atoms with Crippen molar-refractivity contribution in [1.82, 2.24) is 10.2 Å². The Morgan fingerprint density at radius 2 is 1.79 bits per heavy atom. The average molecular weight is 395 g/mol. The van der Waals surface area contributed by atoms with Crippen LogP contribution in [-0.4, -0.2) is 43.2 Å². The van der Waals surface area contributed by atoms with E-state index >= 15 is 0 Å². The van der Waals surface area contributed by atoms with Crippen LogP contribution in [0.1, 0.15) is 48.0 Å². The monoisotopic (exact) mass is 394 g/mol. The number of hydrogen-bond donors (Lipinski definition) is 1. The van der Waals surface area contributed by atoms with E-state index in [0.717, 1.165) is 25.1 Å². The number of fused-ring (bicyclic) bond motifs is 2. The number of rotatable bonds is 6. The molecule has 2 aliphatic rings. The lowest BCUT2D eigenvalue weighted by molar-refractivity contribution is 0.0172. The number of nitrogens with one attached hydrogen (secondary N) is 1. The van der Waals surface area contributed by atoms with E-state index in [1.807, 2.05) is 30.3 Å². The molecule has 0 radical (unpaired) electrons. The molecule has 2 bridgehead atoms. The number of hydrogen-bond acceptors (Lipinski definition) is 4. The highest BCUT2D eigenvalue weighted by Crippen LogP contribution is 2.36. The normalized spacial score (nSPS) is 24.0. The zero-order chi connectivity index (χ0) is 20.2. The van der Waals surface area contributed by atoms with Crippen molar-refractivity contribution in [2.45, 2.75) is 56.8 Å². The average Bonchev–Trinajstić information content (AvgIpc) is 2.74. The zero-order valence-electron chi connectivity index (χ0n) is 17.3. The van der Waals surface area contributed by atoms with Crippen molar-refractivity contribution in [3.63, 3.8) is 0 Å². The van der Waals surface area contributed by atoms with Crippen LogP contribution < -0.4 is 14.8 Å². The fraction of sp³-hybridized carbons (Fsp3) is 0.458. The van der Waals surface area contributed by atoms with E-state index in [4.69, 9.17) is 9.47 Å². The second kappa shape index (κ2) is 8.87. The summed E-state index contributed by atoms with van der Waals surface area (Å²) in [6.45, 7) is 0.913. The molecule has 2 saturated heterocycles. The molecule has 0 aliphatic carbocycles. The summed E-state index contributed by atoms with van der Waals surface area (Å²) in [5.41, 5.74) is 1.90. The number of benzene rings is 2. The van der Waals surface area contributed by atoms with Gasteiger partial charge in [0.1, 0.15) is 11.5 Å². The molecular weight excluding hydrogens is 364 g/mol. The van der Waals surface area contributed by atoms with Crippen molar-refractivity contribution in [2.24, 2.45) is 0 Å². The molecule has 2 aromatic carbocycles. The van der Waals surface area contributed by atoms with E-state index in [1.165, 1.54) is 24.8 Å². The lowest BCUT2D eigenvalue weighted by atomic mass is 9.81. The molecule has 2 aromatic rings. The van der Waals surface area contributed by atoms with E-state index in [-0.39, 0.29) is 11.9 Å². The minimum Gasteiger partial charge on any atom is -0.497 e. The molecule has 2 atom stereocenters. The third-order valence-corrected chi connectivity index (χ3v) is 6.34. The highest BCUT2D eigenvalue weighted by atomic mass is 16.5. The number of carbonyl (C=O) groups excluding carboxylic acids is 1. The Labute approximate surface area is 173 Å². The van der Waals surface area contributed by atoms with Crippen molar-refractivity contribution < 1.29 is 14.3 Å². The van der Waals surface area contributed by atoms with Crippen LogP contribution in [0.3, 0.4) is 0 Å². The first-order valence-electron chi connectivity index (χ1n) is 10.5. The maximum atomic E-state index is 12.8. The van der Waals surface area contributed by atoms with Gasteiger partial charge in [-0.25, -0.2) is 0 Å². The second-order valence-electron chi connectivity index (χ2n) is 8.10. The van der Waals surface area contributed by atoms with Crippen LogP contribution in [0.2, 0.25) is 0 Å². The summed E-state index contributed by atoms with van der Waals surface area (Å²) in [5.74, 6) is 1.66. The predicted octanol–water partition coefficient (Wildman–Crippen LogP) is 4.02. The molecular formula is C24H30N2O3. The molecule has 0 spiro atoms. The van der Waals surface area contributed by atoms with Gasteiger partial charge in [0.15, 0.2) is 0 Å². The van der Waals surface area contributed by atoms with Crippen LogP contribution in [0.5, 0.6) is 11.5 Å². The summed E-state index contributed by atoms with van der Waals surface area (Å²) in [6.07, 6.45) is 5.66. The predicted molar refractivity (Wildman–Crippen MR) is 113 cm³/mol. The lowest BCUT2D eigenvalue weighted by Crippen LogP contribution is -2.56. The number of carbonyl (C=O) groups is 1. The topological polar surface area (TPSA) is 50.8 Å². The third kappa shape index (κ3) is 4.40. The number of methoxy groups -OCH3 is 2. The van der Waals surface area contributed by atoms with E-state index in [1.54, 1.807) is 20.3 Å². The molecule has 0 unspecified atom stereocenters. The molecule has 0 aromatic heterocycles. The number of amides is 1. The quantitative estimate of drug-likeness (QED) is 0.804. The Hall–Kier alpha value is -2.53. The Balaban J connectivity index is 1.43. The largest absolute Gasteiger partial charge is 0.497 e. The van der Waals surface area contributed by atoms with E-state index in [0.29, 0.717) is 23.4 Å². The van der Waals surface area contributed by atoms with Crippen molar-refractivity contribution in [3.05, 3.63) is 59.7 Å². The number of piperidine rings is 2. The van der Waals surface area contributed by atoms with Gasteiger partial charge in [-0.15, -0.1) is 0 Å². The molecule has 0 saturated carbocycles. The van der Waals surface area contributed by atoms with Crippen LogP contribution in [0.15, 0.2) is 48.5 Å². The SMILES string of the molecule is COc1cccc(C(=O)NC2C[C@@H]3CCC[C@@H](C2)N3Cc2ccccc2OC)c1. The highest BCUT2D eigenvalue weighted by molar-refractivity contribution is 5.94. The van der Waals surface area contributed by atoms with Crippen LogP contribution in [0.4, 0.5) is 0 Å². The molecule has 4 rings (SSSR count). The molecule has 2 fully saturated rings. The number of ether oxygens (including phenoxy) is 2. The van der Waals surface area contributed by atoms with Crippen molar-refractivity contribution in [1.29, 1.82) is 0 Å². The molecule has 5 nitrogen and oxygen atoms in total. The summed E-state index contributed by atoms with van der Waals surface area (Å²) >= 11 is 0. The first kappa shape index (κ1) is 19.8. The third-order valence-electron chi connectivity index (χ3n) is 6.34. The fourth-order valence-electron chi connectivity index (χ4n) is 4.92. The molecule has 5 heteroatoms. The van der Waals surface area contributed by atoms with Crippen molar-refractivity contribution in [3.8, 4) is 11.5 Å². The van der Waals surface area contributed by atoms with E-state index in [9.17, 15) is 4.79 Å². The highest BCUT2D eigenvalue weighted by Gasteiger charge is 2.38. The van der Waals surface area contributed by atoms with Gasteiger partial charge < -0.3 is 14.8 Å². The second-order valence-corrected chi connectivity index (χ2v) is 8.10. The Morgan fingerprint density at radius 3 is 2.52 bits per heavy atom. The minimum absolute atomic E-state index is 0.00912. The van der Waals surface area contributed by atoms with Crippen molar-refractivity contribution >= 4 is 5.91 Å². The number of para-hydroxylation sites is 1. The maximum absolute atomic E-state index is 12.8. The first-order chi connectivity index (χ1) is 14.2. The standard InChI is InChI=1S/C24H30N2O3/c1-28-22-11-5-8-17(13-22)24(27)25-19-14-20-9-6-10-21(15-19)26(20)16-18-7-3-4-12-23(18)29-2/h3-5,7-8,11-13,19-21H,6,9-10,14-16H2,1-2H3,(H,25,27)/t20-,21-/m0/s1. The Kier molecular flexibility index (Phi) is 6.05. The first-order valence-corrected chi connectivity index (χ1v) is 10.5. The van der Waals surface area contributed by atoms with Gasteiger partial charge in [-0.1, -0.05) is 30.7 Å². The summed E-state index contributed by atoms with van der Waals surface area (Å²) in [6, 6.07) is 16.9. The summed E-state index contributed by atoms with van der Waals surface area (Å²) in [4.78, 5) is 15.4. The molecule has 29 heavy (non-hydrogen) atoms. The van der Waals surface area contributed by atoms with Crippen LogP contribution >= 0.6 is 0 Å². The van der Waals surface area contributed by atoms with Gasteiger partial charge in [-0.3, -0.25) is 9.69 Å². The fourth-order valence-corrected chi connectivity index (χ4v) is 4.92. The van der Waals surface area contributed by atoms with Gasteiger partial charge in [0.05, 0.1) is 14.2 Å². The van der Waals surface area contributed by atoms with Gasteiger partial charge in [-0.05, 0) is 49.9 Å². The number of nitrogens with zero attached hydrogens (tertiary/aromatic N) is 1. The van der Waals surface area contributed by atoms with Crippen LogP contribution in [0, 0.1) is 0 Å². The van der Waals surface area contributed by atoms with Gasteiger partial charge in [0.2, 0.25) is 0 Å². The summed E-state index contributed by atoms with van der Waals surface area (Å²) < 4.78 is 10.8.